The van der Waals surface area contributed by atoms with Crippen LogP contribution in [0.5, 0.6) is 5.75 Å². The van der Waals surface area contributed by atoms with Crippen LogP contribution < -0.4 is 15.4 Å². The van der Waals surface area contributed by atoms with Crippen LogP contribution >= 0.6 is 11.6 Å². The summed E-state index contributed by atoms with van der Waals surface area (Å²) in [7, 11) is 0. The molecule has 2 aromatic carbocycles. The third-order valence-corrected chi connectivity index (χ3v) is 7.45. The van der Waals surface area contributed by atoms with Crippen molar-refractivity contribution >= 4 is 23.4 Å². The Morgan fingerprint density at radius 2 is 1.83 bits per heavy atom. The lowest BCUT2D eigenvalue weighted by atomic mass is 9.55. The summed E-state index contributed by atoms with van der Waals surface area (Å²) in [6, 6.07) is 8.55. The fraction of sp³-hybridized carbons (Fsp3) is 0.440. The lowest BCUT2D eigenvalue weighted by Crippen LogP contribution is -2.65. The second-order valence-corrected chi connectivity index (χ2v) is 9.86. The molecule has 0 saturated heterocycles. The molecule has 3 aliphatic rings. The van der Waals surface area contributed by atoms with E-state index in [1.165, 1.54) is 24.3 Å². The molecule has 36 heavy (non-hydrogen) atoms. The van der Waals surface area contributed by atoms with Crippen molar-refractivity contribution in [3.05, 3.63) is 64.4 Å². The maximum atomic E-state index is 13.5. The van der Waals surface area contributed by atoms with Crippen molar-refractivity contribution in [1.29, 1.82) is 0 Å². The first-order valence-corrected chi connectivity index (χ1v) is 11.8. The fourth-order valence-corrected chi connectivity index (χ4v) is 5.21. The highest BCUT2D eigenvalue weighted by Crippen LogP contribution is 2.52. The van der Waals surface area contributed by atoms with Gasteiger partial charge in [0.25, 0.3) is 5.91 Å². The minimum atomic E-state index is -4.48. The molecular formula is C25H25ClF4N2O4. The van der Waals surface area contributed by atoms with Crippen molar-refractivity contribution in [3.8, 4) is 5.75 Å². The number of ether oxygens (including phenoxy) is 1. The lowest BCUT2D eigenvalue weighted by molar-refractivity contribution is -0.156. The number of amides is 2. The van der Waals surface area contributed by atoms with Crippen molar-refractivity contribution in [2.75, 3.05) is 6.61 Å². The van der Waals surface area contributed by atoms with Gasteiger partial charge in [0, 0.05) is 18.2 Å². The summed E-state index contributed by atoms with van der Waals surface area (Å²) in [6.45, 7) is -0.455. The molecule has 0 aliphatic heterocycles. The number of carbonyl (C=O) groups is 2. The quantitative estimate of drug-likeness (QED) is 0.466. The molecule has 11 heteroatoms. The maximum Gasteiger partial charge on any atom is 0.416 e. The van der Waals surface area contributed by atoms with E-state index in [0.29, 0.717) is 31.2 Å². The monoisotopic (exact) mass is 528 g/mol. The summed E-state index contributed by atoms with van der Waals surface area (Å²) >= 11 is 5.63. The van der Waals surface area contributed by atoms with Crippen LogP contribution in [0, 0.1) is 11.2 Å². The van der Waals surface area contributed by atoms with E-state index in [1.807, 2.05) is 0 Å². The van der Waals surface area contributed by atoms with Gasteiger partial charge in [0.2, 0.25) is 5.91 Å². The summed E-state index contributed by atoms with van der Waals surface area (Å²) in [5.41, 5.74) is -2.26. The molecule has 0 unspecified atom stereocenters. The van der Waals surface area contributed by atoms with E-state index >= 15 is 0 Å². The summed E-state index contributed by atoms with van der Waals surface area (Å²) in [5, 5.41) is 16.4. The van der Waals surface area contributed by atoms with Crippen LogP contribution in [0.2, 0.25) is 5.02 Å². The maximum absolute atomic E-state index is 13.5. The Kier molecular flexibility index (Phi) is 7.21. The zero-order valence-corrected chi connectivity index (χ0v) is 19.9. The molecule has 2 aromatic rings. The van der Waals surface area contributed by atoms with Gasteiger partial charge < -0.3 is 20.5 Å². The fourth-order valence-electron chi connectivity index (χ4n) is 5.10. The first-order valence-electron chi connectivity index (χ1n) is 11.4. The van der Waals surface area contributed by atoms with Crippen molar-refractivity contribution < 1.29 is 37.0 Å². The van der Waals surface area contributed by atoms with Gasteiger partial charge in [-0.15, -0.1) is 0 Å². The minimum Gasteiger partial charge on any atom is -0.484 e. The van der Waals surface area contributed by atoms with Gasteiger partial charge in [-0.1, -0.05) is 23.7 Å². The number of fused-ring (bicyclic) bond motifs is 3. The Hall–Kier alpha value is -2.85. The Balaban J connectivity index is 1.32. The molecule has 2 bridgehead atoms. The van der Waals surface area contributed by atoms with E-state index in [0.717, 1.165) is 18.2 Å². The molecule has 0 aromatic heterocycles. The SMILES string of the molecule is O=C(COc1ccc(Cl)c(F)c1)NC12CCC(C(=O)NCc3cccc(C(F)(F)F)c3)(CC1)[C@@H](O)C2. The van der Waals surface area contributed by atoms with Crippen molar-refractivity contribution in [3.63, 3.8) is 0 Å². The number of halogens is 5. The molecular weight excluding hydrogens is 504 g/mol. The van der Waals surface area contributed by atoms with Crippen LogP contribution in [0.4, 0.5) is 17.6 Å². The zero-order chi connectivity index (χ0) is 26.1. The molecule has 3 saturated carbocycles. The zero-order valence-electron chi connectivity index (χ0n) is 19.1. The highest BCUT2D eigenvalue weighted by molar-refractivity contribution is 6.30. The van der Waals surface area contributed by atoms with Gasteiger partial charge in [0.15, 0.2) is 6.61 Å². The van der Waals surface area contributed by atoms with Gasteiger partial charge in [-0.2, -0.15) is 13.2 Å². The highest BCUT2D eigenvalue weighted by Gasteiger charge is 2.58. The van der Waals surface area contributed by atoms with Crippen LogP contribution in [0.25, 0.3) is 0 Å². The van der Waals surface area contributed by atoms with E-state index in [4.69, 9.17) is 16.3 Å². The molecule has 3 N–H and O–H groups in total. The topological polar surface area (TPSA) is 87.7 Å². The van der Waals surface area contributed by atoms with E-state index in [1.54, 1.807) is 0 Å². The van der Waals surface area contributed by atoms with E-state index in [-0.39, 0.29) is 30.3 Å². The predicted octanol–water partition coefficient (Wildman–Crippen LogP) is 4.37. The molecule has 2 amide bonds. The number of hydrogen-bond donors (Lipinski definition) is 3. The summed E-state index contributed by atoms with van der Waals surface area (Å²) in [5.74, 6) is -1.38. The van der Waals surface area contributed by atoms with E-state index < -0.39 is 46.4 Å². The lowest BCUT2D eigenvalue weighted by Gasteiger charge is -2.55. The number of carbonyl (C=O) groups excluding carboxylic acids is 2. The van der Waals surface area contributed by atoms with Crippen molar-refractivity contribution in [1.82, 2.24) is 10.6 Å². The smallest absolute Gasteiger partial charge is 0.416 e. The molecule has 0 spiro atoms. The van der Waals surface area contributed by atoms with Gasteiger partial charge in [0.1, 0.15) is 11.6 Å². The largest absolute Gasteiger partial charge is 0.484 e. The van der Waals surface area contributed by atoms with Gasteiger partial charge in [-0.05, 0) is 61.9 Å². The highest BCUT2D eigenvalue weighted by atomic mass is 35.5. The van der Waals surface area contributed by atoms with Gasteiger partial charge in [-0.3, -0.25) is 9.59 Å². The van der Waals surface area contributed by atoms with Crippen molar-refractivity contribution in [2.24, 2.45) is 5.41 Å². The number of aliphatic hydroxyl groups is 1. The van der Waals surface area contributed by atoms with Crippen LogP contribution in [0.15, 0.2) is 42.5 Å². The van der Waals surface area contributed by atoms with Crippen LogP contribution in [0.1, 0.15) is 43.2 Å². The Bertz CT molecular complexity index is 1150. The van der Waals surface area contributed by atoms with Gasteiger partial charge in [0.05, 0.1) is 22.1 Å². The molecule has 0 radical (unpaired) electrons. The molecule has 5 rings (SSSR count). The normalized spacial score (nSPS) is 25.3. The Morgan fingerprint density at radius 1 is 1.11 bits per heavy atom. The molecule has 3 fully saturated rings. The first kappa shape index (κ1) is 26.2. The van der Waals surface area contributed by atoms with Crippen molar-refractivity contribution in [2.45, 2.75) is 56.5 Å². The van der Waals surface area contributed by atoms with Crippen LogP contribution in [-0.2, 0) is 22.3 Å². The number of rotatable bonds is 7. The summed E-state index contributed by atoms with van der Waals surface area (Å²) in [6.07, 6.45) is -3.84. The average molecular weight is 529 g/mol. The number of benzene rings is 2. The van der Waals surface area contributed by atoms with Crippen LogP contribution in [0.3, 0.4) is 0 Å². The molecule has 6 nitrogen and oxygen atoms in total. The minimum absolute atomic E-state index is 0.0635. The molecule has 1 atom stereocenters. The first-order chi connectivity index (χ1) is 16.9. The number of nitrogens with one attached hydrogen (secondary N) is 2. The average Bonchev–Trinajstić information content (AvgIpc) is 2.83. The van der Waals surface area contributed by atoms with Crippen LogP contribution in [-0.4, -0.2) is 35.2 Å². The van der Waals surface area contributed by atoms with Gasteiger partial charge >= 0.3 is 6.18 Å². The summed E-state index contributed by atoms with van der Waals surface area (Å²) in [4.78, 5) is 25.5. The molecule has 3 aliphatic carbocycles. The third-order valence-electron chi connectivity index (χ3n) is 7.15. The third kappa shape index (κ3) is 5.44. The number of alkyl halides is 3. The standard InChI is InChI=1S/C25H25ClF4N2O4/c26-18-5-4-17(11-19(18)27)36-14-21(34)32-23-6-8-24(9-7-23,20(33)12-23)22(35)31-13-15-2-1-3-16(10-15)25(28,29)30/h1-5,10-11,20,33H,6-9,12-14H2,(H,31,35)(H,32,34)/t20-,23?,24?/m0/s1. The second kappa shape index (κ2) is 9.89. The predicted molar refractivity (Wildman–Crippen MR) is 123 cm³/mol. The van der Waals surface area contributed by atoms with E-state index in [2.05, 4.69) is 10.6 Å². The molecule has 194 valence electrons. The molecule has 0 heterocycles. The van der Waals surface area contributed by atoms with Gasteiger partial charge in [-0.25, -0.2) is 4.39 Å². The second-order valence-electron chi connectivity index (χ2n) is 9.45. The number of aliphatic hydroxyl groups excluding tert-OH is 1. The summed E-state index contributed by atoms with van der Waals surface area (Å²) < 4.78 is 57.7. The Morgan fingerprint density at radius 3 is 2.47 bits per heavy atom. The number of hydrogen-bond acceptors (Lipinski definition) is 4. The Labute approximate surface area is 210 Å². The van der Waals surface area contributed by atoms with E-state index in [9.17, 15) is 32.3 Å².